The van der Waals surface area contributed by atoms with Crippen LogP contribution >= 0.6 is 0 Å². The van der Waals surface area contributed by atoms with E-state index in [0.717, 1.165) is 18.8 Å². The highest BCUT2D eigenvalue weighted by atomic mass is 16.2. The van der Waals surface area contributed by atoms with E-state index in [1.807, 2.05) is 13.2 Å². The lowest BCUT2D eigenvalue weighted by atomic mass is 10.1. The minimum Gasteiger partial charge on any atom is -0.371 e. The quantitative estimate of drug-likeness (QED) is 0.603. The van der Waals surface area contributed by atoms with Crippen molar-refractivity contribution in [1.82, 2.24) is 20.4 Å². The summed E-state index contributed by atoms with van der Waals surface area (Å²) in [5.41, 5.74) is 0.792. The van der Waals surface area contributed by atoms with E-state index in [-0.39, 0.29) is 17.9 Å². The van der Waals surface area contributed by atoms with Gasteiger partial charge in [0, 0.05) is 19.2 Å². The number of anilines is 1. The molecule has 1 fully saturated rings. The van der Waals surface area contributed by atoms with Gasteiger partial charge in [-0.25, -0.2) is 0 Å². The van der Waals surface area contributed by atoms with Crippen molar-refractivity contribution in [2.24, 2.45) is 0 Å². The summed E-state index contributed by atoms with van der Waals surface area (Å²) in [7, 11) is 1.88. The van der Waals surface area contributed by atoms with E-state index < -0.39 is 0 Å². The first kappa shape index (κ1) is 12.6. The smallest absolute Gasteiger partial charge is 0.249 e. The maximum atomic E-state index is 11.6. The molecule has 18 heavy (non-hydrogen) atoms. The Kier molecular flexibility index (Phi) is 3.93. The van der Waals surface area contributed by atoms with Crippen LogP contribution in [0.15, 0.2) is 12.4 Å². The Morgan fingerprint density at radius 3 is 3.11 bits per heavy atom. The number of carbonyl (C=O) groups is 2. The number of rotatable bonds is 5. The van der Waals surface area contributed by atoms with Gasteiger partial charge in [0.2, 0.25) is 11.8 Å². The van der Waals surface area contributed by atoms with Crippen LogP contribution in [0, 0.1) is 0 Å². The summed E-state index contributed by atoms with van der Waals surface area (Å²) in [5.74, 6) is -0.475. The van der Waals surface area contributed by atoms with E-state index in [4.69, 9.17) is 0 Å². The van der Waals surface area contributed by atoms with Gasteiger partial charge in [0.1, 0.15) is 6.04 Å². The molecule has 7 heteroatoms. The van der Waals surface area contributed by atoms with Gasteiger partial charge in [0.05, 0.1) is 18.4 Å². The fourth-order valence-corrected chi connectivity index (χ4v) is 1.82. The van der Waals surface area contributed by atoms with Crippen LogP contribution in [-0.2, 0) is 16.1 Å². The van der Waals surface area contributed by atoms with Crippen LogP contribution in [0.25, 0.3) is 0 Å². The molecule has 1 aromatic rings. The third-order valence-corrected chi connectivity index (χ3v) is 2.80. The average molecular weight is 251 g/mol. The molecule has 1 unspecified atom stereocenters. The first-order valence-corrected chi connectivity index (χ1v) is 5.96. The molecule has 1 atom stereocenters. The summed E-state index contributed by atoms with van der Waals surface area (Å²) >= 11 is 0. The van der Waals surface area contributed by atoms with E-state index in [9.17, 15) is 9.59 Å². The van der Waals surface area contributed by atoms with Crippen LogP contribution in [0.3, 0.4) is 0 Å². The van der Waals surface area contributed by atoms with Crippen molar-refractivity contribution >= 4 is 17.5 Å². The van der Waals surface area contributed by atoms with Gasteiger partial charge in [-0.15, -0.1) is 0 Å². The zero-order valence-electron chi connectivity index (χ0n) is 10.3. The molecule has 1 aliphatic rings. The zero-order valence-corrected chi connectivity index (χ0v) is 10.3. The molecule has 7 nitrogen and oxygen atoms in total. The highest BCUT2D eigenvalue weighted by molar-refractivity contribution is 6.01. The predicted octanol–water partition coefficient (Wildman–Crippen LogP) is -0.680. The Labute approximate surface area is 105 Å². The molecule has 0 aliphatic carbocycles. The maximum Gasteiger partial charge on any atom is 0.249 e. The Morgan fingerprint density at radius 1 is 1.56 bits per heavy atom. The lowest BCUT2D eigenvalue weighted by Gasteiger charge is -2.21. The van der Waals surface area contributed by atoms with E-state index in [0.29, 0.717) is 12.8 Å². The van der Waals surface area contributed by atoms with Crippen molar-refractivity contribution in [2.75, 3.05) is 18.9 Å². The first-order chi connectivity index (χ1) is 8.69. The highest BCUT2D eigenvalue weighted by Gasteiger charge is 2.26. The molecule has 3 N–H and O–H groups in total. The second kappa shape index (κ2) is 5.63. The summed E-state index contributed by atoms with van der Waals surface area (Å²) < 4.78 is 1.80. The van der Waals surface area contributed by atoms with Crippen molar-refractivity contribution in [1.29, 1.82) is 0 Å². The Hall–Kier alpha value is -1.89. The molecule has 1 aromatic heterocycles. The fraction of sp³-hybridized carbons (Fsp3) is 0.545. The number of amides is 2. The van der Waals surface area contributed by atoms with Crippen molar-refractivity contribution in [2.45, 2.75) is 25.4 Å². The number of piperidine rings is 1. The number of imide groups is 1. The number of nitrogens with zero attached hydrogens (tertiary/aromatic N) is 2. The maximum absolute atomic E-state index is 11.6. The summed E-state index contributed by atoms with van der Waals surface area (Å²) in [6.07, 6.45) is 4.42. The zero-order chi connectivity index (χ0) is 13.0. The number of carbonyl (C=O) groups excluding carboxylic acids is 2. The van der Waals surface area contributed by atoms with E-state index in [2.05, 4.69) is 21.0 Å². The Bertz CT molecular complexity index is 442. The molecule has 0 spiro atoms. The van der Waals surface area contributed by atoms with Gasteiger partial charge in [-0.1, -0.05) is 0 Å². The van der Waals surface area contributed by atoms with Crippen LogP contribution in [-0.4, -0.2) is 41.2 Å². The second-order valence-electron chi connectivity index (χ2n) is 4.24. The first-order valence-electron chi connectivity index (χ1n) is 5.96. The molecule has 0 radical (unpaired) electrons. The van der Waals surface area contributed by atoms with Crippen LogP contribution < -0.4 is 16.0 Å². The van der Waals surface area contributed by atoms with Crippen molar-refractivity contribution in [3.05, 3.63) is 12.4 Å². The topological polar surface area (TPSA) is 88.0 Å². The van der Waals surface area contributed by atoms with Gasteiger partial charge in [0.15, 0.2) is 0 Å². The number of nitrogens with one attached hydrogen (secondary N) is 3. The van der Waals surface area contributed by atoms with Gasteiger partial charge < -0.3 is 10.6 Å². The van der Waals surface area contributed by atoms with Gasteiger partial charge in [-0.2, -0.15) is 5.10 Å². The molecule has 1 saturated heterocycles. The molecular formula is C11H17N5O2. The number of hydrogen-bond donors (Lipinski definition) is 3. The van der Waals surface area contributed by atoms with Gasteiger partial charge >= 0.3 is 0 Å². The van der Waals surface area contributed by atoms with Crippen LogP contribution in [0.5, 0.6) is 0 Å². The van der Waals surface area contributed by atoms with Crippen LogP contribution in [0.2, 0.25) is 0 Å². The molecular weight excluding hydrogens is 234 g/mol. The molecule has 0 aromatic carbocycles. The molecule has 1 aliphatic heterocycles. The number of likely N-dealkylation sites (N-methyl/N-ethyl adjacent to an activating group) is 1. The Balaban J connectivity index is 1.91. The molecule has 2 amide bonds. The second-order valence-corrected chi connectivity index (χ2v) is 4.24. The lowest BCUT2D eigenvalue weighted by molar-refractivity contribution is -0.133. The van der Waals surface area contributed by atoms with Crippen LogP contribution in [0.1, 0.15) is 12.8 Å². The van der Waals surface area contributed by atoms with Gasteiger partial charge in [-0.05, 0) is 13.5 Å². The van der Waals surface area contributed by atoms with Crippen molar-refractivity contribution in [3.8, 4) is 0 Å². The third-order valence-electron chi connectivity index (χ3n) is 2.80. The van der Waals surface area contributed by atoms with E-state index >= 15 is 0 Å². The van der Waals surface area contributed by atoms with Crippen molar-refractivity contribution in [3.63, 3.8) is 0 Å². The van der Waals surface area contributed by atoms with Gasteiger partial charge in [-0.3, -0.25) is 19.6 Å². The standard InChI is InChI=1S/C11H17N5O2/c1-12-4-5-16-7-8(6-13-16)14-9-2-3-10(17)15-11(9)18/h6-7,9,12,14H,2-5H2,1H3,(H,15,17,18). The monoisotopic (exact) mass is 251 g/mol. The largest absolute Gasteiger partial charge is 0.371 e. The summed E-state index contributed by atoms with van der Waals surface area (Å²) in [5, 5.41) is 12.6. The van der Waals surface area contributed by atoms with E-state index in [1.165, 1.54) is 0 Å². The highest BCUT2D eigenvalue weighted by Crippen LogP contribution is 2.12. The number of aromatic nitrogens is 2. The summed E-state index contributed by atoms with van der Waals surface area (Å²) in [6.45, 7) is 1.60. The summed E-state index contributed by atoms with van der Waals surface area (Å²) in [6, 6.07) is -0.357. The van der Waals surface area contributed by atoms with E-state index in [1.54, 1.807) is 10.9 Å². The van der Waals surface area contributed by atoms with Crippen molar-refractivity contribution < 1.29 is 9.59 Å². The third kappa shape index (κ3) is 3.07. The SMILES string of the molecule is CNCCn1cc(NC2CCC(=O)NC2=O)cn1. The average Bonchev–Trinajstić information content (AvgIpc) is 2.78. The molecule has 0 saturated carbocycles. The molecule has 0 bridgehead atoms. The van der Waals surface area contributed by atoms with Crippen LogP contribution in [0.4, 0.5) is 5.69 Å². The molecule has 2 rings (SSSR count). The Morgan fingerprint density at radius 2 is 2.39 bits per heavy atom. The van der Waals surface area contributed by atoms with Gasteiger partial charge in [0.25, 0.3) is 0 Å². The normalized spacial score (nSPS) is 19.7. The number of hydrogen-bond acceptors (Lipinski definition) is 5. The summed E-state index contributed by atoms with van der Waals surface area (Å²) in [4.78, 5) is 22.6. The molecule has 2 heterocycles. The predicted molar refractivity (Wildman–Crippen MR) is 65.9 cm³/mol. The fourth-order valence-electron chi connectivity index (χ4n) is 1.82. The minimum absolute atomic E-state index is 0.206. The lowest BCUT2D eigenvalue weighted by Crippen LogP contribution is -2.47. The minimum atomic E-state index is -0.357. The molecule has 98 valence electrons.